The second kappa shape index (κ2) is 7.25. The number of methoxy groups -OCH3 is 2. The van der Waals surface area contributed by atoms with Gasteiger partial charge in [0.05, 0.1) is 53.1 Å². The van der Waals surface area contributed by atoms with Crippen molar-refractivity contribution in [3.8, 4) is 5.75 Å². The highest BCUT2D eigenvalue weighted by Crippen LogP contribution is 2.22. The zero-order valence-electron chi connectivity index (χ0n) is 15.0. The van der Waals surface area contributed by atoms with E-state index in [1.54, 1.807) is 31.5 Å². The summed E-state index contributed by atoms with van der Waals surface area (Å²) >= 11 is 0. The lowest BCUT2D eigenvalue weighted by Crippen LogP contribution is -2.03. The molecule has 7 nitrogen and oxygen atoms in total. The Morgan fingerprint density at radius 2 is 1.96 bits per heavy atom. The predicted octanol–water partition coefficient (Wildman–Crippen LogP) is 2.68. The van der Waals surface area contributed by atoms with Gasteiger partial charge in [0.25, 0.3) is 0 Å². The van der Waals surface area contributed by atoms with E-state index in [4.69, 9.17) is 9.47 Å². The molecule has 1 aromatic carbocycles. The Balaban J connectivity index is 1.90. The summed E-state index contributed by atoms with van der Waals surface area (Å²) in [7, 11) is 1.51. The van der Waals surface area contributed by atoms with Gasteiger partial charge in [-0.2, -0.15) is 0 Å². The molecule has 0 aliphatic rings. The molecule has 136 valence electrons. The highest BCUT2D eigenvalue weighted by atomic mass is 32.2. The van der Waals surface area contributed by atoms with Gasteiger partial charge in [-0.25, -0.2) is 9.78 Å². The van der Waals surface area contributed by atoms with E-state index < -0.39 is 16.8 Å². The molecule has 0 spiro atoms. The van der Waals surface area contributed by atoms with Gasteiger partial charge in [0, 0.05) is 17.8 Å². The molecule has 0 bridgehead atoms. The smallest absolute Gasteiger partial charge is 0.338 e. The van der Waals surface area contributed by atoms with Gasteiger partial charge in [0.2, 0.25) is 0 Å². The van der Waals surface area contributed by atoms with Gasteiger partial charge in [-0.1, -0.05) is 0 Å². The van der Waals surface area contributed by atoms with Gasteiger partial charge in [0.15, 0.2) is 5.16 Å². The van der Waals surface area contributed by atoms with Gasteiger partial charge >= 0.3 is 5.97 Å². The Bertz CT molecular complexity index is 1010. The van der Waals surface area contributed by atoms with Crippen molar-refractivity contribution in [1.29, 1.82) is 0 Å². The number of fused-ring (bicyclic) bond motifs is 1. The first-order valence-electron chi connectivity index (χ1n) is 7.89. The maximum atomic E-state index is 12.7. The lowest BCUT2D eigenvalue weighted by Gasteiger charge is -2.06. The van der Waals surface area contributed by atoms with Crippen molar-refractivity contribution in [3.05, 3.63) is 46.8 Å². The average Bonchev–Trinajstić information content (AvgIpc) is 3.04. The third-order valence-electron chi connectivity index (χ3n) is 4.04. The maximum Gasteiger partial charge on any atom is 0.338 e. The molecule has 1 atom stereocenters. The van der Waals surface area contributed by atoms with Crippen molar-refractivity contribution < 1.29 is 18.5 Å². The van der Waals surface area contributed by atoms with Crippen molar-refractivity contribution in [2.45, 2.75) is 24.8 Å². The topological polar surface area (TPSA) is 94.2 Å². The number of aromatic nitrogens is 3. The van der Waals surface area contributed by atoms with Crippen molar-refractivity contribution in [2.75, 3.05) is 14.2 Å². The number of imidazole rings is 1. The van der Waals surface area contributed by atoms with E-state index in [2.05, 4.69) is 15.0 Å². The van der Waals surface area contributed by atoms with Crippen LogP contribution >= 0.6 is 0 Å². The molecule has 2 aromatic heterocycles. The van der Waals surface area contributed by atoms with Crippen LogP contribution in [0.25, 0.3) is 11.0 Å². The molecule has 2 heterocycles. The van der Waals surface area contributed by atoms with Gasteiger partial charge in [0.1, 0.15) is 5.75 Å². The fourth-order valence-corrected chi connectivity index (χ4v) is 3.61. The van der Waals surface area contributed by atoms with Gasteiger partial charge in [-0.05, 0) is 31.5 Å². The minimum absolute atomic E-state index is 0.208. The first-order chi connectivity index (χ1) is 12.4. The number of nitrogens with zero attached hydrogens (tertiary/aromatic N) is 2. The van der Waals surface area contributed by atoms with E-state index in [9.17, 15) is 9.00 Å². The van der Waals surface area contributed by atoms with Crippen LogP contribution in [0.2, 0.25) is 0 Å². The number of aromatic amines is 1. The summed E-state index contributed by atoms with van der Waals surface area (Å²) in [5.41, 5.74) is 4.04. The van der Waals surface area contributed by atoms with Crippen LogP contribution < -0.4 is 4.74 Å². The van der Waals surface area contributed by atoms with Crippen LogP contribution in [0.3, 0.4) is 0 Å². The van der Waals surface area contributed by atoms with Crippen molar-refractivity contribution in [1.82, 2.24) is 15.0 Å². The van der Waals surface area contributed by atoms with E-state index in [0.717, 1.165) is 11.1 Å². The molecule has 0 saturated heterocycles. The Hall–Kier alpha value is -2.74. The predicted molar refractivity (Wildman–Crippen MR) is 97.8 cm³/mol. The number of benzene rings is 1. The number of pyridine rings is 1. The number of hydrogen-bond acceptors (Lipinski definition) is 6. The number of ether oxygens (including phenoxy) is 2. The number of carbonyl (C=O) groups excluding carboxylic acids is 1. The molecule has 0 aliphatic heterocycles. The highest BCUT2D eigenvalue weighted by Gasteiger charge is 2.16. The number of esters is 1. The van der Waals surface area contributed by atoms with Crippen LogP contribution in [0.4, 0.5) is 0 Å². The standard InChI is InChI=1S/C18H19N3O4S/c1-10-5-14-15(7-13(10)17(22)25-4)21-18(20-14)26(23)9-12-6-16(24-3)11(2)8-19-12/h5-8H,9H2,1-4H3,(H,20,21). The molecular weight excluding hydrogens is 354 g/mol. The number of nitrogens with one attached hydrogen (secondary N) is 1. The van der Waals surface area contributed by atoms with Gasteiger partial charge in [-0.3, -0.25) is 9.19 Å². The summed E-state index contributed by atoms with van der Waals surface area (Å²) in [6.07, 6.45) is 1.69. The first-order valence-corrected chi connectivity index (χ1v) is 9.21. The van der Waals surface area contributed by atoms with Crippen LogP contribution in [-0.4, -0.2) is 39.3 Å². The van der Waals surface area contributed by atoms with Crippen LogP contribution in [0, 0.1) is 13.8 Å². The minimum atomic E-state index is -1.41. The lowest BCUT2D eigenvalue weighted by atomic mass is 10.1. The van der Waals surface area contributed by atoms with Crippen molar-refractivity contribution >= 4 is 27.8 Å². The van der Waals surface area contributed by atoms with Crippen molar-refractivity contribution in [2.24, 2.45) is 0 Å². The SMILES string of the molecule is COC(=O)c1cc2nc(S(=O)Cc3cc(OC)c(C)cn3)[nH]c2cc1C. The molecule has 0 fully saturated rings. The molecule has 0 amide bonds. The summed E-state index contributed by atoms with van der Waals surface area (Å²) in [5.74, 6) is 0.486. The van der Waals surface area contributed by atoms with E-state index in [1.807, 2.05) is 13.8 Å². The zero-order valence-corrected chi connectivity index (χ0v) is 15.8. The zero-order chi connectivity index (χ0) is 18.8. The largest absolute Gasteiger partial charge is 0.496 e. The summed E-state index contributed by atoms with van der Waals surface area (Å²) in [6, 6.07) is 5.21. The number of hydrogen-bond donors (Lipinski definition) is 1. The average molecular weight is 373 g/mol. The third kappa shape index (κ3) is 3.45. The molecule has 26 heavy (non-hydrogen) atoms. The fraction of sp³-hybridized carbons (Fsp3) is 0.278. The lowest BCUT2D eigenvalue weighted by molar-refractivity contribution is 0.0600. The third-order valence-corrected chi connectivity index (χ3v) is 5.22. The Morgan fingerprint density at radius 3 is 2.65 bits per heavy atom. The number of aryl methyl sites for hydroxylation is 2. The molecule has 3 aromatic rings. The van der Waals surface area contributed by atoms with Crippen LogP contribution in [-0.2, 0) is 21.3 Å². The monoisotopic (exact) mass is 373 g/mol. The number of carbonyl (C=O) groups is 1. The number of H-pyrrole nitrogens is 1. The molecule has 0 saturated carbocycles. The van der Waals surface area contributed by atoms with Crippen LogP contribution in [0.1, 0.15) is 27.2 Å². The number of rotatable bonds is 5. The Morgan fingerprint density at radius 1 is 1.19 bits per heavy atom. The summed E-state index contributed by atoms with van der Waals surface area (Å²) < 4.78 is 22.7. The quantitative estimate of drug-likeness (QED) is 0.691. The molecule has 8 heteroatoms. The molecule has 1 N–H and O–H groups in total. The van der Waals surface area contributed by atoms with Crippen LogP contribution in [0.5, 0.6) is 5.75 Å². The highest BCUT2D eigenvalue weighted by molar-refractivity contribution is 7.84. The maximum absolute atomic E-state index is 12.7. The van der Waals surface area contributed by atoms with E-state index >= 15 is 0 Å². The minimum Gasteiger partial charge on any atom is -0.496 e. The summed E-state index contributed by atoms with van der Waals surface area (Å²) in [4.78, 5) is 23.5. The van der Waals surface area contributed by atoms with E-state index in [-0.39, 0.29) is 5.75 Å². The Labute approximate surface area is 153 Å². The van der Waals surface area contributed by atoms with Crippen molar-refractivity contribution in [3.63, 3.8) is 0 Å². The fourth-order valence-electron chi connectivity index (χ4n) is 2.63. The molecule has 1 unspecified atom stereocenters. The molecule has 0 radical (unpaired) electrons. The van der Waals surface area contributed by atoms with E-state index in [0.29, 0.717) is 33.2 Å². The van der Waals surface area contributed by atoms with E-state index in [1.165, 1.54) is 7.11 Å². The molecule has 0 aliphatic carbocycles. The summed E-state index contributed by atoms with van der Waals surface area (Å²) in [6.45, 7) is 3.71. The normalized spacial score (nSPS) is 12.2. The molecular formula is C18H19N3O4S. The Kier molecular flexibility index (Phi) is 5.03. The molecule has 3 rings (SSSR count). The van der Waals surface area contributed by atoms with Gasteiger partial charge < -0.3 is 14.5 Å². The van der Waals surface area contributed by atoms with Gasteiger partial charge in [-0.15, -0.1) is 0 Å². The second-order valence-corrected chi connectivity index (χ2v) is 7.22. The van der Waals surface area contributed by atoms with Crippen LogP contribution in [0.15, 0.2) is 29.6 Å². The summed E-state index contributed by atoms with van der Waals surface area (Å²) in [5, 5.41) is 0.336. The second-order valence-electron chi connectivity index (χ2n) is 5.85. The first kappa shape index (κ1) is 18.1.